The van der Waals surface area contributed by atoms with E-state index in [9.17, 15) is 19.4 Å². The lowest BCUT2D eigenvalue weighted by molar-refractivity contribution is -0.870. The molecule has 62 heavy (non-hydrogen) atoms. The number of nitrogens with one attached hydrogen (secondary N) is 1. The highest BCUT2D eigenvalue weighted by Crippen LogP contribution is 2.43. The Kier molecular flexibility index (Phi) is 44.4. The summed E-state index contributed by atoms with van der Waals surface area (Å²) in [6.45, 7) is 4.83. The van der Waals surface area contributed by atoms with Gasteiger partial charge in [0.05, 0.1) is 39.9 Å². The number of phosphoric ester groups is 1. The van der Waals surface area contributed by atoms with Gasteiger partial charge in [0.2, 0.25) is 5.91 Å². The molecule has 0 aromatic carbocycles. The largest absolute Gasteiger partial charge is 0.472 e. The van der Waals surface area contributed by atoms with E-state index in [0.29, 0.717) is 17.4 Å². The second-order valence-corrected chi connectivity index (χ2v) is 21.1. The van der Waals surface area contributed by atoms with Crippen molar-refractivity contribution in [2.45, 2.75) is 270 Å². The topological polar surface area (TPSA) is 105 Å². The van der Waals surface area contributed by atoms with Gasteiger partial charge in [0.15, 0.2) is 0 Å². The van der Waals surface area contributed by atoms with E-state index < -0.39 is 20.0 Å². The fraction of sp³-hybridized carbons (Fsp3) is 0.906. The van der Waals surface area contributed by atoms with Crippen molar-refractivity contribution in [2.75, 3.05) is 40.9 Å². The maximum atomic E-state index is 12.9. The zero-order valence-electron chi connectivity index (χ0n) is 41.9. The predicted molar refractivity (Wildman–Crippen MR) is 268 cm³/mol. The Bertz CT molecular complexity index is 1060. The molecule has 0 saturated carbocycles. The minimum Gasteiger partial charge on any atom is -0.387 e. The lowest BCUT2D eigenvalue weighted by Crippen LogP contribution is -2.45. The molecule has 0 fully saturated rings. The van der Waals surface area contributed by atoms with Crippen LogP contribution in [0.25, 0.3) is 0 Å². The van der Waals surface area contributed by atoms with E-state index in [-0.39, 0.29) is 19.1 Å². The van der Waals surface area contributed by atoms with E-state index in [2.05, 4.69) is 31.3 Å². The summed E-state index contributed by atoms with van der Waals surface area (Å²) in [5, 5.41) is 13.9. The fourth-order valence-corrected chi connectivity index (χ4v) is 8.68. The van der Waals surface area contributed by atoms with Crippen LogP contribution in [0.15, 0.2) is 24.3 Å². The molecule has 8 nitrogen and oxygen atoms in total. The van der Waals surface area contributed by atoms with Crippen LogP contribution in [0, 0.1) is 0 Å². The molecule has 0 rings (SSSR count). The number of allylic oxidation sites excluding steroid dienone is 3. The van der Waals surface area contributed by atoms with Gasteiger partial charge in [0.25, 0.3) is 0 Å². The predicted octanol–water partition coefficient (Wildman–Crippen LogP) is 15.6. The number of carbonyl (C=O) groups is 1. The van der Waals surface area contributed by atoms with Gasteiger partial charge in [-0.05, 0) is 32.1 Å². The molecule has 0 aliphatic rings. The third-order valence-corrected chi connectivity index (χ3v) is 13.2. The smallest absolute Gasteiger partial charge is 0.387 e. The minimum absolute atomic E-state index is 0.0586. The summed E-state index contributed by atoms with van der Waals surface area (Å²) >= 11 is 0. The molecule has 0 aromatic heterocycles. The van der Waals surface area contributed by atoms with Crippen molar-refractivity contribution < 1.29 is 32.9 Å². The monoisotopic (exact) mass is 898 g/mol. The van der Waals surface area contributed by atoms with Crippen LogP contribution in [0.2, 0.25) is 0 Å². The van der Waals surface area contributed by atoms with Crippen LogP contribution in [0.4, 0.5) is 0 Å². The van der Waals surface area contributed by atoms with Crippen LogP contribution < -0.4 is 5.32 Å². The standard InChI is InChI=1S/C53H105N2O6P/c1-6-8-10-12-14-16-18-20-22-24-25-26-27-28-29-31-33-35-37-39-41-43-45-47-53(57)54-51(50-61-62(58,59)60-49-48-55(3,4)5)52(56)46-44-42-40-38-36-34-32-30-23-21-19-17-15-13-11-9-7-2/h36,38,44,46,51-52,56H,6-35,37,39-43,45,47-50H2,1-5H3,(H-,54,57,58,59)/p+1/b38-36+,46-44+/t51-,52+/m0/s1. The first-order chi connectivity index (χ1) is 30.0. The molecule has 0 radical (unpaired) electrons. The van der Waals surface area contributed by atoms with E-state index in [1.54, 1.807) is 6.08 Å². The average molecular weight is 898 g/mol. The van der Waals surface area contributed by atoms with E-state index in [1.807, 2.05) is 27.2 Å². The van der Waals surface area contributed by atoms with Gasteiger partial charge in [-0.1, -0.05) is 244 Å². The van der Waals surface area contributed by atoms with E-state index in [1.165, 1.54) is 199 Å². The molecule has 0 aromatic rings. The highest BCUT2D eigenvalue weighted by atomic mass is 31.2. The zero-order valence-corrected chi connectivity index (χ0v) is 42.8. The highest BCUT2D eigenvalue weighted by Gasteiger charge is 2.27. The van der Waals surface area contributed by atoms with E-state index in [0.717, 1.165) is 38.5 Å². The van der Waals surface area contributed by atoms with E-state index >= 15 is 0 Å². The number of rotatable bonds is 49. The van der Waals surface area contributed by atoms with Gasteiger partial charge in [0, 0.05) is 6.42 Å². The summed E-state index contributed by atoms with van der Waals surface area (Å²) < 4.78 is 23.6. The highest BCUT2D eigenvalue weighted by molar-refractivity contribution is 7.47. The average Bonchev–Trinajstić information content (AvgIpc) is 3.23. The van der Waals surface area contributed by atoms with Crippen LogP contribution in [-0.2, 0) is 18.4 Å². The summed E-state index contributed by atoms with van der Waals surface area (Å²) in [7, 11) is 1.57. The number of nitrogens with zero attached hydrogens (tertiary/aromatic N) is 1. The maximum Gasteiger partial charge on any atom is 0.472 e. The third-order valence-electron chi connectivity index (χ3n) is 12.2. The molecule has 1 unspecified atom stereocenters. The zero-order chi connectivity index (χ0) is 45.7. The number of aliphatic hydroxyl groups is 1. The maximum absolute atomic E-state index is 12.9. The summed E-state index contributed by atoms with van der Waals surface area (Å²) in [5.41, 5.74) is 0. The fourth-order valence-electron chi connectivity index (χ4n) is 7.94. The number of carbonyl (C=O) groups excluding carboxylic acids is 1. The summed E-state index contributed by atoms with van der Waals surface area (Å²) in [6, 6.07) is -0.859. The first kappa shape index (κ1) is 61.0. The Hall–Kier alpha value is -1.02. The Morgan fingerprint density at radius 3 is 1.29 bits per heavy atom. The Labute approximate surface area is 385 Å². The molecule has 9 heteroatoms. The number of unbranched alkanes of at least 4 members (excludes halogenated alkanes) is 34. The number of phosphoric acid groups is 1. The summed E-state index contributed by atoms with van der Waals surface area (Å²) in [6.07, 6.45) is 55.5. The lowest BCUT2D eigenvalue weighted by Gasteiger charge is -2.25. The van der Waals surface area contributed by atoms with Crippen molar-refractivity contribution in [1.82, 2.24) is 5.32 Å². The first-order valence-electron chi connectivity index (χ1n) is 26.7. The molecule has 1 amide bonds. The molecule has 368 valence electrons. The molecule has 0 heterocycles. The van der Waals surface area contributed by atoms with Crippen LogP contribution in [-0.4, -0.2) is 73.4 Å². The van der Waals surface area contributed by atoms with Gasteiger partial charge in [0.1, 0.15) is 13.2 Å². The van der Waals surface area contributed by atoms with Crippen molar-refractivity contribution in [3.8, 4) is 0 Å². The Morgan fingerprint density at radius 1 is 0.532 bits per heavy atom. The van der Waals surface area contributed by atoms with Crippen molar-refractivity contribution in [3.63, 3.8) is 0 Å². The third kappa shape index (κ3) is 47.0. The summed E-state index contributed by atoms with van der Waals surface area (Å²) in [5.74, 6) is -0.182. The molecule has 0 aliphatic heterocycles. The van der Waals surface area contributed by atoms with Crippen molar-refractivity contribution in [2.24, 2.45) is 0 Å². The Balaban J connectivity index is 4.25. The number of hydrogen-bond donors (Lipinski definition) is 3. The normalized spacial score (nSPS) is 14.2. The molecule has 0 spiro atoms. The van der Waals surface area contributed by atoms with Gasteiger partial charge in [-0.2, -0.15) is 0 Å². The molecular weight excluding hydrogens is 792 g/mol. The van der Waals surface area contributed by atoms with Gasteiger partial charge >= 0.3 is 7.82 Å². The Morgan fingerprint density at radius 2 is 0.887 bits per heavy atom. The van der Waals surface area contributed by atoms with Crippen molar-refractivity contribution >= 4 is 13.7 Å². The van der Waals surface area contributed by atoms with Crippen LogP contribution in [0.1, 0.15) is 258 Å². The lowest BCUT2D eigenvalue weighted by atomic mass is 10.0. The van der Waals surface area contributed by atoms with Gasteiger partial charge < -0.3 is 19.8 Å². The molecular formula is C53H106N2O6P+. The first-order valence-corrected chi connectivity index (χ1v) is 28.2. The molecule has 3 N–H and O–H groups in total. The SMILES string of the molecule is CCCCCCCCCCCCC/C=C/CC/C=C/[C@@H](O)[C@H](COP(=O)(O)OCC[N+](C)(C)C)NC(=O)CCCCCCCCCCCCCCCCCCCCCCCCC. The van der Waals surface area contributed by atoms with Crippen LogP contribution >= 0.6 is 7.82 Å². The molecule has 0 bridgehead atoms. The summed E-state index contributed by atoms with van der Waals surface area (Å²) in [4.78, 5) is 23.2. The van der Waals surface area contributed by atoms with E-state index in [4.69, 9.17) is 9.05 Å². The molecule has 3 atom stereocenters. The van der Waals surface area contributed by atoms with Crippen molar-refractivity contribution in [1.29, 1.82) is 0 Å². The molecule has 0 saturated heterocycles. The second kappa shape index (κ2) is 45.1. The van der Waals surface area contributed by atoms with Crippen LogP contribution in [0.3, 0.4) is 0 Å². The number of likely N-dealkylation sites (N-methyl/N-ethyl adjacent to an activating group) is 1. The van der Waals surface area contributed by atoms with Gasteiger partial charge in [-0.3, -0.25) is 13.8 Å². The second-order valence-electron chi connectivity index (χ2n) is 19.6. The number of hydrogen-bond acceptors (Lipinski definition) is 5. The number of quaternary nitrogens is 1. The van der Waals surface area contributed by atoms with Gasteiger partial charge in [-0.25, -0.2) is 4.57 Å². The van der Waals surface area contributed by atoms with Crippen LogP contribution in [0.5, 0.6) is 0 Å². The minimum atomic E-state index is -4.35. The molecule has 0 aliphatic carbocycles. The number of amides is 1. The van der Waals surface area contributed by atoms with Crippen molar-refractivity contribution in [3.05, 3.63) is 24.3 Å². The number of aliphatic hydroxyl groups excluding tert-OH is 1. The van der Waals surface area contributed by atoms with Gasteiger partial charge in [-0.15, -0.1) is 0 Å². The quantitative estimate of drug-likeness (QED) is 0.0243.